The average Bonchev–Trinajstić information content (AvgIpc) is 2.46. The Morgan fingerprint density at radius 2 is 2.33 bits per heavy atom. The average molecular weight is 183 g/mol. The molecule has 0 aliphatic heterocycles. The fraction of sp³-hybridized carbons (Fsp3) is 0.286. The number of nitrogens with zero attached hydrogens (tertiary/aromatic N) is 4. The van der Waals surface area contributed by atoms with Crippen LogP contribution in [0.4, 0.5) is 0 Å². The van der Waals surface area contributed by atoms with E-state index in [4.69, 9.17) is 11.6 Å². The lowest BCUT2D eigenvalue weighted by Crippen LogP contribution is -1.93. The van der Waals surface area contributed by atoms with E-state index in [-0.39, 0.29) is 5.28 Å². The van der Waals surface area contributed by atoms with E-state index in [1.54, 1.807) is 12.5 Å². The van der Waals surface area contributed by atoms with Gasteiger partial charge in [0.1, 0.15) is 5.52 Å². The summed E-state index contributed by atoms with van der Waals surface area (Å²) in [6, 6.07) is 0. The number of hydrogen-bond acceptors (Lipinski definition) is 3. The van der Waals surface area contributed by atoms with Gasteiger partial charge in [-0.05, 0) is 18.5 Å². The van der Waals surface area contributed by atoms with Crippen LogP contribution in [-0.4, -0.2) is 19.5 Å². The fourth-order valence-corrected chi connectivity index (χ4v) is 1.19. The zero-order valence-corrected chi connectivity index (χ0v) is 7.28. The van der Waals surface area contributed by atoms with Crippen LogP contribution < -0.4 is 0 Å². The van der Waals surface area contributed by atoms with E-state index in [1.165, 1.54) is 0 Å². The van der Waals surface area contributed by atoms with Gasteiger partial charge in [0.15, 0.2) is 5.65 Å². The Kier molecular flexibility index (Phi) is 1.69. The maximum absolute atomic E-state index is 5.64. The van der Waals surface area contributed by atoms with Crippen LogP contribution in [0.15, 0.2) is 12.5 Å². The van der Waals surface area contributed by atoms with Gasteiger partial charge in [-0.15, -0.1) is 0 Å². The Labute approximate surface area is 74.2 Å². The van der Waals surface area contributed by atoms with Crippen LogP contribution in [0.5, 0.6) is 0 Å². The van der Waals surface area contributed by atoms with Crippen LogP contribution in [-0.2, 0) is 6.54 Å². The first-order chi connectivity index (χ1) is 5.81. The van der Waals surface area contributed by atoms with E-state index in [0.717, 1.165) is 17.7 Å². The van der Waals surface area contributed by atoms with E-state index in [1.807, 2.05) is 11.5 Å². The van der Waals surface area contributed by atoms with Gasteiger partial charge in [-0.1, -0.05) is 0 Å². The molecule has 0 atom stereocenters. The minimum atomic E-state index is 0.262. The Balaban J connectivity index is 2.75. The molecule has 0 aliphatic carbocycles. The van der Waals surface area contributed by atoms with Gasteiger partial charge in [0.2, 0.25) is 5.28 Å². The van der Waals surface area contributed by atoms with Crippen molar-refractivity contribution in [3.05, 3.63) is 17.8 Å². The summed E-state index contributed by atoms with van der Waals surface area (Å²) in [5.74, 6) is 0. The second-order valence-electron chi connectivity index (χ2n) is 2.38. The molecular formula is C7H7ClN4. The van der Waals surface area contributed by atoms with Crippen LogP contribution in [0.3, 0.4) is 0 Å². The quantitative estimate of drug-likeness (QED) is 0.628. The minimum Gasteiger partial charge on any atom is -0.315 e. The first-order valence-electron chi connectivity index (χ1n) is 3.64. The molecule has 2 aromatic heterocycles. The zero-order valence-electron chi connectivity index (χ0n) is 6.53. The lowest BCUT2D eigenvalue weighted by molar-refractivity contribution is 0.777. The third-order valence-electron chi connectivity index (χ3n) is 1.67. The summed E-state index contributed by atoms with van der Waals surface area (Å²) in [6.07, 6.45) is 3.35. The van der Waals surface area contributed by atoms with Crippen molar-refractivity contribution in [2.45, 2.75) is 13.5 Å². The highest BCUT2D eigenvalue weighted by atomic mass is 35.5. The van der Waals surface area contributed by atoms with Gasteiger partial charge in [0.25, 0.3) is 0 Å². The minimum absolute atomic E-state index is 0.262. The maximum atomic E-state index is 5.64. The van der Waals surface area contributed by atoms with Gasteiger partial charge in [-0.25, -0.2) is 9.97 Å². The fourth-order valence-electron chi connectivity index (χ4n) is 1.07. The summed E-state index contributed by atoms with van der Waals surface area (Å²) < 4.78 is 1.92. The molecule has 2 rings (SSSR count). The van der Waals surface area contributed by atoms with Crippen molar-refractivity contribution in [1.82, 2.24) is 19.5 Å². The molecule has 2 aromatic rings. The lowest BCUT2D eigenvalue weighted by atomic mass is 10.5. The van der Waals surface area contributed by atoms with Crippen molar-refractivity contribution >= 4 is 22.8 Å². The highest BCUT2D eigenvalue weighted by Crippen LogP contribution is 2.10. The van der Waals surface area contributed by atoms with Gasteiger partial charge in [-0.3, -0.25) is 0 Å². The van der Waals surface area contributed by atoms with Crippen molar-refractivity contribution < 1.29 is 0 Å². The lowest BCUT2D eigenvalue weighted by Gasteiger charge is -1.96. The summed E-state index contributed by atoms with van der Waals surface area (Å²) in [5.41, 5.74) is 1.57. The second-order valence-corrected chi connectivity index (χ2v) is 2.72. The smallest absolute Gasteiger partial charge is 0.224 e. The molecule has 0 fully saturated rings. The van der Waals surface area contributed by atoms with Gasteiger partial charge in [0, 0.05) is 6.54 Å². The summed E-state index contributed by atoms with van der Waals surface area (Å²) in [4.78, 5) is 12.0. The van der Waals surface area contributed by atoms with Crippen LogP contribution in [0.1, 0.15) is 6.92 Å². The molecule has 12 heavy (non-hydrogen) atoms. The predicted molar refractivity (Wildman–Crippen MR) is 46.0 cm³/mol. The van der Waals surface area contributed by atoms with Crippen LogP contribution in [0.25, 0.3) is 11.2 Å². The Hall–Kier alpha value is -1.16. The van der Waals surface area contributed by atoms with Gasteiger partial charge in [-0.2, -0.15) is 4.98 Å². The summed E-state index contributed by atoms with van der Waals surface area (Å²) in [7, 11) is 0. The highest BCUT2D eigenvalue weighted by Gasteiger charge is 2.02. The SMILES string of the molecule is CCn1cnc2cnc(Cl)nc21. The Bertz CT molecular complexity index is 409. The van der Waals surface area contributed by atoms with E-state index >= 15 is 0 Å². The molecular weight excluding hydrogens is 176 g/mol. The monoisotopic (exact) mass is 182 g/mol. The van der Waals surface area contributed by atoms with Gasteiger partial charge in [0.05, 0.1) is 12.5 Å². The predicted octanol–water partition coefficient (Wildman–Crippen LogP) is 1.50. The number of aryl methyl sites for hydroxylation is 1. The molecule has 5 heteroatoms. The van der Waals surface area contributed by atoms with Gasteiger partial charge >= 0.3 is 0 Å². The number of halogens is 1. The second kappa shape index (κ2) is 2.71. The van der Waals surface area contributed by atoms with Gasteiger partial charge < -0.3 is 4.57 Å². The van der Waals surface area contributed by atoms with Crippen LogP contribution >= 0.6 is 11.6 Å². The molecule has 0 bridgehead atoms. The van der Waals surface area contributed by atoms with E-state index < -0.39 is 0 Å². The maximum Gasteiger partial charge on any atom is 0.224 e. The third-order valence-corrected chi connectivity index (χ3v) is 1.85. The topological polar surface area (TPSA) is 43.6 Å². The molecule has 0 saturated carbocycles. The number of aromatic nitrogens is 4. The molecule has 0 amide bonds. The molecule has 0 N–H and O–H groups in total. The molecule has 0 aromatic carbocycles. The summed E-state index contributed by atoms with van der Waals surface area (Å²) in [6.45, 7) is 2.86. The number of hydrogen-bond donors (Lipinski definition) is 0. The van der Waals surface area contributed by atoms with Crippen molar-refractivity contribution in [3.8, 4) is 0 Å². The largest absolute Gasteiger partial charge is 0.315 e. The number of fused-ring (bicyclic) bond motifs is 1. The van der Waals surface area contributed by atoms with Crippen molar-refractivity contribution in [2.24, 2.45) is 0 Å². The first kappa shape index (κ1) is 7.49. The molecule has 2 heterocycles. The standard InChI is InChI=1S/C7H7ClN4/c1-2-12-4-10-5-3-9-7(8)11-6(5)12/h3-4H,2H2,1H3. The molecule has 0 unspecified atom stereocenters. The molecule has 0 saturated heterocycles. The molecule has 0 spiro atoms. The van der Waals surface area contributed by atoms with E-state index in [2.05, 4.69) is 15.0 Å². The van der Waals surface area contributed by atoms with Crippen molar-refractivity contribution in [2.75, 3.05) is 0 Å². The number of imidazole rings is 1. The Morgan fingerprint density at radius 1 is 1.50 bits per heavy atom. The van der Waals surface area contributed by atoms with Crippen molar-refractivity contribution in [3.63, 3.8) is 0 Å². The van der Waals surface area contributed by atoms with Crippen LogP contribution in [0.2, 0.25) is 5.28 Å². The van der Waals surface area contributed by atoms with E-state index in [9.17, 15) is 0 Å². The zero-order chi connectivity index (χ0) is 8.55. The Morgan fingerprint density at radius 3 is 3.08 bits per heavy atom. The normalized spacial score (nSPS) is 10.8. The third kappa shape index (κ3) is 1.04. The summed E-state index contributed by atoms with van der Waals surface area (Å²) in [5, 5.41) is 0.262. The van der Waals surface area contributed by atoms with Crippen molar-refractivity contribution in [1.29, 1.82) is 0 Å². The molecule has 0 aliphatic rings. The number of rotatable bonds is 1. The highest BCUT2D eigenvalue weighted by molar-refractivity contribution is 6.28. The van der Waals surface area contributed by atoms with E-state index in [0.29, 0.717) is 0 Å². The first-order valence-corrected chi connectivity index (χ1v) is 4.02. The summed E-state index contributed by atoms with van der Waals surface area (Å²) >= 11 is 5.64. The molecule has 62 valence electrons. The molecule has 4 nitrogen and oxygen atoms in total. The molecule has 0 radical (unpaired) electrons. The van der Waals surface area contributed by atoms with Crippen LogP contribution in [0, 0.1) is 0 Å².